The van der Waals surface area contributed by atoms with E-state index in [4.69, 9.17) is 24.4 Å². The number of furan rings is 1. The Morgan fingerprint density at radius 1 is 0.667 bits per heavy atom. The second-order valence-corrected chi connectivity index (χ2v) is 7.75. The quantitative estimate of drug-likeness (QED) is 0.254. The molecule has 0 unspecified atom stereocenters. The molecule has 0 saturated heterocycles. The fraction of sp³-hybridized carbons (Fsp3) is 0.214. The third-order valence-electron chi connectivity index (χ3n) is 5.33. The molecule has 0 atom stereocenters. The molecule has 1 aromatic heterocycles. The third kappa shape index (κ3) is 5.93. The SMILES string of the molecule is N#Cc1ccc(OCCCCCCOc2cccc(-c3cc4ccc(C#N)cc4o3)c2)cc1. The van der Waals surface area contributed by atoms with Crippen LogP contribution in [-0.4, -0.2) is 13.2 Å². The van der Waals surface area contributed by atoms with Gasteiger partial charge in [0.25, 0.3) is 0 Å². The number of fused-ring (bicyclic) bond motifs is 1. The van der Waals surface area contributed by atoms with Crippen LogP contribution in [0.4, 0.5) is 0 Å². The number of benzene rings is 3. The largest absolute Gasteiger partial charge is 0.494 e. The van der Waals surface area contributed by atoms with Crippen molar-refractivity contribution >= 4 is 11.0 Å². The zero-order valence-corrected chi connectivity index (χ0v) is 18.3. The summed E-state index contributed by atoms with van der Waals surface area (Å²) in [6, 6.07) is 26.7. The zero-order chi connectivity index (χ0) is 22.9. The van der Waals surface area contributed by atoms with Gasteiger partial charge < -0.3 is 13.9 Å². The van der Waals surface area contributed by atoms with Gasteiger partial charge in [0, 0.05) is 10.9 Å². The predicted molar refractivity (Wildman–Crippen MR) is 127 cm³/mol. The van der Waals surface area contributed by atoms with Crippen LogP contribution in [0.15, 0.2) is 77.2 Å². The van der Waals surface area contributed by atoms with Gasteiger partial charge >= 0.3 is 0 Å². The molecule has 4 aromatic rings. The van der Waals surface area contributed by atoms with Gasteiger partial charge in [-0.1, -0.05) is 12.1 Å². The summed E-state index contributed by atoms with van der Waals surface area (Å²) in [5, 5.41) is 18.8. The van der Waals surface area contributed by atoms with Gasteiger partial charge in [-0.05, 0) is 86.3 Å². The monoisotopic (exact) mass is 436 g/mol. The summed E-state index contributed by atoms with van der Waals surface area (Å²) in [6.07, 6.45) is 4.10. The van der Waals surface area contributed by atoms with Crippen LogP contribution >= 0.6 is 0 Å². The Hall–Kier alpha value is -4.22. The van der Waals surface area contributed by atoms with E-state index in [2.05, 4.69) is 12.1 Å². The van der Waals surface area contributed by atoms with Gasteiger partial charge in [0.05, 0.1) is 36.5 Å². The minimum Gasteiger partial charge on any atom is -0.494 e. The summed E-state index contributed by atoms with van der Waals surface area (Å²) in [5.74, 6) is 2.37. The minimum atomic E-state index is 0.585. The van der Waals surface area contributed by atoms with Gasteiger partial charge in [-0.15, -0.1) is 0 Å². The van der Waals surface area contributed by atoms with E-state index in [9.17, 15) is 0 Å². The van der Waals surface area contributed by atoms with Crippen LogP contribution in [-0.2, 0) is 0 Å². The van der Waals surface area contributed by atoms with E-state index in [1.54, 1.807) is 24.3 Å². The summed E-state index contributed by atoms with van der Waals surface area (Å²) in [5.41, 5.74) is 2.88. The molecule has 0 fully saturated rings. The highest BCUT2D eigenvalue weighted by atomic mass is 16.5. The summed E-state index contributed by atoms with van der Waals surface area (Å²) in [4.78, 5) is 0. The Labute approximate surface area is 193 Å². The highest BCUT2D eigenvalue weighted by Crippen LogP contribution is 2.30. The van der Waals surface area contributed by atoms with Gasteiger partial charge in [-0.2, -0.15) is 10.5 Å². The molecule has 0 radical (unpaired) electrons. The number of unbranched alkanes of at least 4 members (excludes halogenated alkanes) is 3. The molecule has 3 aromatic carbocycles. The maximum absolute atomic E-state index is 9.06. The molecule has 0 aliphatic carbocycles. The van der Waals surface area contributed by atoms with E-state index in [-0.39, 0.29) is 0 Å². The summed E-state index contributed by atoms with van der Waals surface area (Å²) >= 11 is 0. The number of nitrogens with zero attached hydrogens (tertiary/aromatic N) is 2. The van der Waals surface area contributed by atoms with Crippen LogP contribution in [0, 0.1) is 22.7 Å². The van der Waals surface area contributed by atoms with E-state index in [0.717, 1.165) is 53.9 Å². The van der Waals surface area contributed by atoms with Crippen molar-refractivity contribution in [3.05, 3.63) is 83.9 Å². The molecule has 33 heavy (non-hydrogen) atoms. The van der Waals surface area contributed by atoms with Gasteiger partial charge in [0.1, 0.15) is 22.8 Å². The van der Waals surface area contributed by atoms with Crippen LogP contribution in [0.25, 0.3) is 22.3 Å². The molecule has 0 amide bonds. The minimum absolute atomic E-state index is 0.585. The van der Waals surface area contributed by atoms with Crippen LogP contribution in [0.2, 0.25) is 0 Å². The molecule has 5 nitrogen and oxygen atoms in total. The molecule has 5 heteroatoms. The number of ether oxygens (including phenoxy) is 2. The van der Waals surface area contributed by atoms with Crippen molar-refractivity contribution in [2.45, 2.75) is 25.7 Å². The molecule has 0 N–H and O–H groups in total. The van der Waals surface area contributed by atoms with Crippen molar-refractivity contribution in [1.82, 2.24) is 0 Å². The van der Waals surface area contributed by atoms with Crippen molar-refractivity contribution in [2.75, 3.05) is 13.2 Å². The highest BCUT2D eigenvalue weighted by Gasteiger charge is 2.08. The zero-order valence-electron chi connectivity index (χ0n) is 18.3. The molecule has 0 saturated carbocycles. The first-order valence-corrected chi connectivity index (χ1v) is 11.0. The lowest BCUT2D eigenvalue weighted by atomic mass is 10.1. The Morgan fingerprint density at radius 3 is 2.09 bits per heavy atom. The van der Waals surface area contributed by atoms with E-state index in [1.165, 1.54) is 0 Å². The Balaban J connectivity index is 1.19. The van der Waals surface area contributed by atoms with E-state index in [0.29, 0.717) is 29.9 Å². The molecule has 1 heterocycles. The average molecular weight is 437 g/mol. The van der Waals surface area contributed by atoms with E-state index >= 15 is 0 Å². The van der Waals surface area contributed by atoms with E-state index in [1.807, 2.05) is 48.5 Å². The normalized spacial score (nSPS) is 10.5. The predicted octanol–water partition coefficient (Wildman–Crippen LogP) is 6.86. The topological polar surface area (TPSA) is 79.2 Å². The van der Waals surface area contributed by atoms with Crippen molar-refractivity contribution in [2.24, 2.45) is 0 Å². The maximum Gasteiger partial charge on any atom is 0.136 e. The Bertz CT molecular complexity index is 1290. The fourth-order valence-electron chi connectivity index (χ4n) is 3.55. The van der Waals surface area contributed by atoms with Crippen LogP contribution in [0.3, 0.4) is 0 Å². The maximum atomic E-state index is 9.06. The number of hydrogen-bond acceptors (Lipinski definition) is 5. The average Bonchev–Trinajstić information content (AvgIpc) is 3.29. The molecule has 0 aliphatic rings. The lowest BCUT2D eigenvalue weighted by Crippen LogP contribution is -2.00. The van der Waals surface area contributed by atoms with Crippen LogP contribution in [0.5, 0.6) is 11.5 Å². The second kappa shape index (κ2) is 10.9. The Kier molecular flexibility index (Phi) is 7.25. The second-order valence-electron chi connectivity index (χ2n) is 7.75. The Morgan fingerprint density at radius 2 is 1.36 bits per heavy atom. The van der Waals surface area contributed by atoms with Crippen molar-refractivity contribution in [1.29, 1.82) is 10.5 Å². The van der Waals surface area contributed by atoms with Gasteiger partial charge in [0.2, 0.25) is 0 Å². The van der Waals surface area contributed by atoms with Gasteiger partial charge in [0.15, 0.2) is 0 Å². The molecule has 0 aliphatic heterocycles. The van der Waals surface area contributed by atoms with Gasteiger partial charge in [-0.3, -0.25) is 0 Å². The standard InChI is InChI=1S/C28H24N2O3/c29-19-21-9-12-25(13-10-21)31-14-3-1-2-4-15-32-26-7-5-6-23(17-26)28-18-24-11-8-22(20-30)16-27(24)33-28/h5-13,16-18H,1-4,14-15H2. The first-order chi connectivity index (χ1) is 16.2. The molecule has 4 rings (SSSR count). The van der Waals surface area contributed by atoms with Crippen molar-refractivity contribution in [3.8, 4) is 35.0 Å². The smallest absolute Gasteiger partial charge is 0.136 e. The molecule has 164 valence electrons. The molecular formula is C28H24N2O3. The molecule has 0 bridgehead atoms. The molecular weight excluding hydrogens is 412 g/mol. The van der Waals surface area contributed by atoms with Gasteiger partial charge in [-0.25, -0.2) is 0 Å². The lowest BCUT2D eigenvalue weighted by Gasteiger charge is -2.08. The van der Waals surface area contributed by atoms with Crippen LogP contribution in [0.1, 0.15) is 36.8 Å². The van der Waals surface area contributed by atoms with Crippen molar-refractivity contribution < 1.29 is 13.9 Å². The lowest BCUT2D eigenvalue weighted by molar-refractivity contribution is 0.287. The summed E-state index contributed by atoms with van der Waals surface area (Å²) < 4.78 is 17.6. The van der Waals surface area contributed by atoms with Crippen LogP contribution < -0.4 is 9.47 Å². The fourth-order valence-corrected chi connectivity index (χ4v) is 3.55. The number of nitriles is 2. The first kappa shape index (κ1) is 22.0. The van der Waals surface area contributed by atoms with Crippen molar-refractivity contribution in [3.63, 3.8) is 0 Å². The highest BCUT2D eigenvalue weighted by molar-refractivity contribution is 5.84. The summed E-state index contributed by atoms with van der Waals surface area (Å²) in [7, 11) is 0. The first-order valence-electron chi connectivity index (χ1n) is 11.0. The number of hydrogen-bond donors (Lipinski definition) is 0. The number of rotatable bonds is 10. The molecule has 0 spiro atoms. The summed E-state index contributed by atoms with van der Waals surface area (Å²) in [6.45, 7) is 1.33. The third-order valence-corrected chi connectivity index (χ3v) is 5.33. The van der Waals surface area contributed by atoms with E-state index < -0.39 is 0 Å².